The molecule has 0 heterocycles. The number of unbranched alkanes of at least 4 members (excludes halogenated alkanes) is 18. The minimum absolute atomic E-state index is 0.0865. The molecule has 5 heteroatoms. The van der Waals surface area contributed by atoms with Gasteiger partial charge in [-0.2, -0.15) is 0 Å². The molecule has 5 nitrogen and oxygen atoms in total. The number of allylic oxidation sites excluding steroid dienone is 32. The summed E-state index contributed by atoms with van der Waals surface area (Å²) in [7, 11) is 0. The van der Waals surface area contributed by atoms with E-state index in [2.05, 4.69) is 208 Å². The highest BCUT2D eigenvalue weighted by Crippen LogP contribution is 2.15. The molecule has 0 spiro atoms. The molecule has 0 aromatic heterocycles. The number of aliphatic hydroxyl groups excluding tert-OH is 1. The quantitative estimate of drug-likeness (QED) is 0.0373. The molecule has 82 heavy (non-hydrogen) atoms. The summed E-state index contributed by atoms with van der Waals surface area (Å²) in [6.45, 7) is 3.89. The standard InChI is InChI=1S/C77H120O5/c1-3-5-7-9-11-13-15-17-19-21-23-25-27-29-31-33-35-37-38-40-41-43-45-47-49-51-53-55-57-59-61-63-65-67-69-71-76(79)81-74-75(73-78)82-77(80)72-70-68-66-64-62-60-58-56-54-52-50-48-46-44-42-39-36-34-32-30-28-26-24-22-20-18-16-14-12-10-8-6-4-2/h5-8,11-14,17-20,23-26,29-32,35-37,39-41,44,46,50,52,56,58,75,78H,3-4,9-10,15-16,21-22,27-28,33-34,38,42-43,45,47-49,51,53-55,57,59-74H2,1-2H3/b7-5-,8-6-,13-11-,14-12-,19-17-,20-18-,25-23-,26-24-,31-29-,32-30-,37-35-,39-36-,41-40-,46-44-,52-50-,58-56-. The number of rotatable bonds is 58. The maximum Gasteiger partial charge on any atom is 0.306 e. The zero-order chi connectivity index (χ0) is 59.1. The van der Waals surface area contributed by atoms with Crippen LogP contribution < -0.4 is 0 Å². The molecule has 0 amide bonds. The van der Waals surface area contributed by atoms with Gasteiger partial charge in [0.05, 0.1) is 6.61 Å². The summed E-state index contributed by atoms with van der Waals surface area (Å²) >= 11 is 0. The van der Waals surface area contributed by atoms with Gasteiger partial charge in [-0.25, -0.2) is 0 Å². The molecule has 1 N–H and O–H groups in total. The van der Waals surface area contributed by atoms with E-state index in [1.165, 1.54) is 70.6 Å². The molecule has 0 saturated heterocycles. The average Bonchev–Trinajstić information content (AvgIpc) is 3.49. The predicted molar refractivity (Wildman–Crippen MR) is 361 cm³/mol. The number of ether oxygens (including phenoxy) is 2. The first-order chi connectivity index (χ1) is 40.6. The molecule has 0 bridgehead atoms. The van der Waals surface area contributed by atoms with Gasteiger partial charge in [-0.3, -0.25) is 9.59 Å². The summed E-state index contributed by atoms with van der Waals surface area (Å²) in [6.07, 6.45) is 111. The fourth-order valence-electron chi connectivity index (χ4n) is 8.53. The van der Waals surface area contributed by atoms with E-state index in [4.69, 9.17) is 9.47 Å². The van der Waals surface area contributed by atoms with Crippen LogP contribution in [0.25, 0.3) is 0 Å². The summed E-state index contributed by atoms with van der Waals surface area (Å²) in [5.74, 6) is -0.625. The predicted octanol–water partition coefficient (Wildman–Crippen LogP) is 23.2. The second kappa shape index (κ2) is 70.0. The second-order valence-corrected chi connectivity index (χ2v) is 21.1. The number of esters is 2. The van der Waals surface area contributed by atoms with E-state index in [-0.39, 0.29) is 25.2 Å². The van der Waals surface area contributed by atoms with E-state index in [1.807, 2.05) is 0 Å². The van der Waals surface area contributed by atoms with Gasteiger partial charge in [-0.15, -0.1) is 0 Å². The van der Waals surface area contributed by atoms with Crippen molar-refractivity contribution >= 4 is 11.9 Å². The molecule has 1 atom stereocenters. The highest BCUT2D eigenvalue weighted by Gasteiger charge is 2.16. The van der Waals surface area contributed by atoms with E-state index in [9.17, 15) is 14.7 Å². The second-order valence-electron chi connectivity index (χ2n) is 21.1. The molecule has 0 aliphatic heterocycles. The summed E-state index contributed by atoms with van der Waals surface area (Å²) in [5, 5.41) is 9.69. The lowest BCUT2D eigenvalue weighted by Gasteiger charge is -2.15. The van der Waals surface area contributed by atoms with Gasteiger partial charge in [0.25, 0.3) is 0 Å². The maximum atomic E-state index is 12.3. The first-order valence-corrected chi connectivity index (χ1v) is 33.0. The number of carbonyl (C=O) groups excluding carboxylic acids is 2. The largest absolute Gasteiger partial charge is 0.462 e. The Morgan fingerprint density at radius 2 is 0.488 bits per heavy atom. The van der Waals surface area contributed by atoms with Gasteiger partial charge in [0, 0.05) is 12.8 Å². The van der Waals surface area contributed by atoms with Crippen LogP contribution in [0, 0.1) is 0 Å². The first kappa shape index (κ1) is 76.7. The Balaban J connectivity index is 3.61. The van der Waals surface area contributed by atoms with E-state index in [0.717, 1.165) is 161 Å². The van der Waals surface area contributed by atoms with Crippen LogP contribution in [-0.4, -0.2) is 36.4 Å². The zero-order valence-corrected chi connectivity index (χ0v) is 52.4. The molecular weight excluding hydrogens is 1000 g/mol. The number of hydrogen-bond donors (Lipinski definition) is 1. The van der Waals surface area contributed by atoms with Crippen molar-refractivity contribution in [1.82, 2.24) is 0 Å². The van der Waals surface area contributed by atoms with Crippen LogP contribution in [0.4, 0.5) is 0 Å². The van der Waals surface area contributed by atoms with Gasteiger partial charge in [0.1, 0.15) is 6.61 Å². The molecule has 0 aromatic rings. The van der Waals surface area contributed by atoms with Crippen molar-refractivity contribution in [3.63, 3.8) is 0 Å². The topological polar surface area (TPSA) is 72.8 Å². The average molecular weight is 1130 g/mol. The molecule has 0 saturated carbocycles. The first-order valence-electron chi connectivity index (χ1n) is 33.0. The summed E-state index contributed by atoms with van der Waals surface area (Å²) < 4.78 is 10.7. The molecular formula is C77H120O5. The smallest absolute Gasteiger partial charge is 0.306 e. The van der Waals surface area contributed by atoms with E-state index in [0.29, 0.717) is 12.8 Å². The lowest BCUT2D eigenvalue weighted by atomic mass is 10.0. The van der Waals surface area contributed by atoms with Crippen molar-refractivity contribution in [1.29, 1.82) is 0 Å². The van der Waals surface area contributed by atoms with Gasteiger partial charge in [0.15, 0.2) is 6.10 Å². The molecule has 0 fully saturated rings. The molecule has 0 radical (unpaired) electrons. The molecule has 0 aromatic carbocycles. The monoisotopic (exact) mass is 1120 g/mol. The Bertz CT molecular complexity index is 1900. The van der Waals surface area contributed by atoms with Crippen LogP contribution in [0.5, 0.6) is 0 Å². The van der Waals surface area contributed by atoms with Crippen LogP contribution in [0.2, 0.25) is 0 Å². The van der Waals surface area contributed by atoms with Crippen molar-refractivity contribution in [3.05, 3.63) is 194 Å². The minimum Gasteiger partial charge on any atom is -0.462 e. The van der Waals surface area contributed by atoms with Crippen molar-refractivity contribution in [2.45, 2.75) is 264 Å². The highest BCUT2D eigenvalue weighted by molar-refractivity contribution is 5.70. The normalized spacial score (nSPS) is 13.5. The van der Waals surface area contributed by atoms with Crippen LogP contribution in [0.3, 0.4) is 0 Å². The third-order valence-corrected chi connectivity index (χ3v) is 13.4. The number of carbonyl (C=O) groups is 2. The zero-order valence-electron chi connectivity index (χ0n) is 52.4. The molecule has 0 rings (SSSR count). The SMILES string of the molecule is CC/C=C\C/C=C\C/C=C\C/C=C\C/C=C\C/C=C\C/C=C\C/C=C\C/C=C\CCCCCCCC(=O)OC(CO)COC(=O)CCCCCCCCCCCCCCC/C=C\C/C=C\C/C=C\C/C=C\C/C=C\C/C=C\C/C=C\CC. The number of hydrogen-bond acceptors (Lipinski definition) is 5. The van der Waals surface area contributed by atoms with Crippen LogP contribution >= 0.6 is 0 Å². The van der Waals surface area contributed by atoms with Gasteiger partial charge in [0.2, 0.25) is 0 Å². The van der Waals surface area contributed by atoms with E-state index in [1.54, 1.807) is 0 Å². The van der Waals surface area contributed by atoms with E-state index >= 15 is 0 Å². The molecule has 1 unspecified atom stereocenters. The summed E-state index contributed by atoms with van der Waals surface area (Å²) in [4.78, 5) is 24.6. The molecule has 458 valence electrons. The van der Waals surface area contributed by atoms with Gasteiger partial charge in [-0.1, -0.05) is 298 Å². The molecule has 0 aliphatic rings. The Kier molecular flexibility index (Phi) is 65.5. The van der Waals surface area contributed by atoms with Crippen molar-refractivity contribution in [3.8, 4) is 0 Å². The van der Waals surface area contributed by atoms with Crippen LogP contribution in [-0.2, 0) is 19.1 Å². The van der Waals surface area contributed by atoms with Crippen LogP contribution in [0.15, 0.2) is 194 Å². The Labute approximate surface area is 505 Å². The molecule has 0 aliphatic carbocycles. The Hall–Kier alpha value is -5.26. The van der Waals surface area contributed by atoms with Gasteiger partial charge >= 0.3 is 11.9 Å². The number of aliphatic hydroxyl groups is 1. The van der Waals surface area contributed by atoms with Crippen molar-refractivity contribution in [2.24, 2.45) is 0 Å². The maximum absolute atomic E-state index is 12.3. The van der Waals surface area contributed by atoms with E-state index < -0.39 is 6.10 Å². The highest BCUT2D eigenvalue weighted by atomic mass is 16.6. The third-order valence-electron chi connectivity index (χ3n) is 13.4. The summed E-state index contributed by atoms with van der Waals surface area (Å²) in [5.41, 5.74) is 0. The third kappa shape index (κ3) is 67.2. The lowest BCUT2D eigenvalue weighted by Crippen LogP contribution is -2.28. The van der Waals surface area contributed by atoms with Crippen LogP contribution in [0.1, 0.15) is 258 Å². The Morgan fingerprint density at radius 1 is 0.280 bits per heavy atom. The fraction of sp³-hybridized carbons (Fsp3) is 0.558. The van der Waals surface area contributed by atoms with Crippen molar-refractivity contribution in [2.75, 3.05) is 13.2 Å². The lowest BCUT2D eigenvalue weighted by molar-refractivity contribution is -0.161. The van der Waals surface area contributed by atoms with Gasteiger partial charge in [-0.05, 0) is 141 Å². The Morgan fingerprint density at radius 3 is 0.732 bits per heavy atom. The van der Waals surface area contributed by atoms with Gasteiger partial charge < -0.3 is 14.6 Å². The minimum atomic E-state index is -0.799. The summed E-state index contributed by atoms with van der Waals surface area (Å²) in [6, 6.07) is 0. The fourth-order valence-corrected chi connectivity index (χ4v) is 8.53. The van der Waals surface area contributed by atoms with Crippen molar-refractivity contribution < 1.29 is 24.2 Å².